The number of likely N-dealkylation sites (N-methyl/N-ethyl adjacent to an activating group) is 1. The zero-order chi connectivity index (χ0) is 24.5. The number of carbonyl (C=O) groups is 2. The number of allylic oxidation sites excluding steroid dienone is 1. The van der Waals surface area contributed by atoms with Gasteiger partial charge in [-0.15, -0.1) is 0 Å². The van der Waals surface area contributed by atoms with Gasteiger partial charge in [-0.25, -0.2) is 4.79 Å². The maximum Gasteiger partial charge on any atom is 0.391 e. The van der Waals surface area contributed by atoms with Crippen molar-refractivity contribution in [1.29, 1.82) is 0 Å². The van der Waals surface area contributed by atoms with Crippen LogP contribution >= 0.6 is 22.6 Å². The molecule has 0 spiro atoms. The predicted molar refractivity (Wildman–Crippen MR) is 143 cm³/mol. The second-order valence-corrected chi connectivity index (χ2v) is 14.5. The third-order valence-electron chi connectivity index (χ3n) is 11.1. The number of nitrogens with zero attached hydrogens (tertiary/aromatic N) is 2. The Hall–Kier alpha value is -0.760. The van der Waals surface area contributed by atoms with Crippen LogP contribution < -0.4 is 0 Å². The summed E-state index contributed by atoms with van der Waals surface area (Å²) in [5.74, 6) is 2.66. The largest absolute Gasteiger partial charge is 0.391 e. The molecule has 3 saturated carbocycles. The van der Waals surface area contributed by atoms with Crippen LogP contribution in [0.5, 0.6) is 0 Å². The third-order valence-corrected chi connectivity index (χ3v) is 12.9. The maximum atomic E-state index is 12.8. The molecule has 188 valence electrons. The summed E-state index contributed by atoms with van der Waals surface area (Å²) in [6.45, 7) is 8.06. The molecule has 0 radical (unpaired) electrons. The van der Waals surface area contributed by atoms with Crippen molar-refractivity contribution in [3.05, 3.63) is 11.6 Å². The van der Waals surface area contributed by atoms with Gasteiger partial charge in [-0.05, 0) is 74.7 Å². The molecule has 5 aliphatic rings. The van der Waals surface area contributed by atoms with Crippen LogP contribution in [-0.4, -0.2) is 52.6 Å². The van der Waals surface area contributed by atoms with Crippen LogP contribution in [0.15, 0.2) is 16.8 Å². The van der Waals surface area contributed by atoms with E-state index in [9.17, 15) is 9.59 Å². The molecular formula is C28H42IN2O3+. The number of fused-ring (bicyclic) bond motifs is 5. The van der Waals surface area contributed by atoms with Gasteiger partial charge >= 0.3 is 5.97 Å². The van der Waals surface area contributed by atoms with Gasteiger partial charge in [0.15, 0.2) is 11.8 Å². The topological polar surface area (TPSA) is 55.7 Å². The van der Waals surface area contributed by atoms with E-state index >= 15 is 0 Å². The molecule has 4 aliphatic carbocycles. The number of oxime groups is 1. The van der Waals surface area contributed by atoms with Crippen molar-refractivity contribution >= 4 is 40.1 Å². The number of quaternary nitrogens is 1. The van der Waals surface area contributed by atoms with Crippen molar-refractivity contribution in [2.24, 2.45) is 39.7 Å². The minimum atomic E-state index is -0.162. The number of alkyl halides is 1. The van der Waals surface area contributed by atoms with Crippen LogP contribution in [0.25, 0.3) is 0 Å². The van der Waals surface area contributed by atoms with Gasteiger partial charge in [0.2, 0.25) is 0 Å². The summed E-state index contributed by atoms with van der Waals surface area (Å²) >= 11 is 2.58. The first-order valence-electron chi connectivity index (χ1n) is 13.4. The maximum absolute atomic E-state index is 12.8. The average molecular weight is 582 g/mol. The lowest BCUT2D eigenvalue weighted by molar-refractivity contribution is -0.893. The quantitative estimate of drug-likeness (QED) is 0.107. The van der Waals surface area contributed by atoms with E-state index < -0.39 is 0 Å². The van der Waals surface area contributed by atoms with E-state index in [1.165, 1.54) is 31.3 Å². The van der Waals surface area contributed by atoms with Gasteiger partial charge in [0.05, 0.1) is 26.4 Å². The van der Waals surface area contributed by atoms with Crippen molar-refractivity contribution in [3.8, 4) is 0 Å². The summed E-state index contributed by atoms with van der Waals surface area (Å²) in [6, 6.07) is -0.0901. The second kappa shape index (κ2) is 8.67. The van der Waals surface area contributed by atoms with Crippen molar-refractivity contribution in [3.63, 3.8) is 0 Å². The summed E-state index contributed by atoms with van der Waals surface area (Å²) in [7, 11) is 4.23. The average Bonchev–Trinajstić information content (AvgIpc) is 3.31. The van der Waals surface area contributed by atoms with E-state index in [4.69, 9.17) is 4.84 Å². The molecule has 0 aromatic carbocycles. The molecule has 5 nitrogen and oxygen atoms in total. The lowest BCUT2D eigenvalue weighted by Gasteiger charge is -2.59. The predicted octanol–water partition coefficient (Wildman–Crippen LogP) is 5.71. The Morgan fingerprint density at radius 1 is 1.15 bits per heavy atom. The molecule has 1 unspecified atom stereocenters. The fourth-order valence-corrected chi connectivity index (χ4v) is 10.4. The lowest BCUT2D eigenvalue weighted by atomic mass is 9.46. The molecule has 8 atom stereocenters. The zero-order valence-electron chi connectivity index (χ0n) is 21.6. The summed E-state index contributed by atoms with van der Waals surface area (Å²) < 4.78 is 1.12. The molecule has 0 N–H and O–H groups in total. The highest BCUT2D eigenvalue weighted by Crippen LogP contribution is 2.67. The fourth-order valence-electron chi connectivity index (χ4n) is 9.10. The van der Waals surface area contributed by atoms with Crippen molar-refractivity contribution in [2.45, 2.75) is 88.5 Å². The smallest absolute Gasteiger partial charge is 0.317 e. The minimum Gasteiger partial charge on any atom is -0.317 e. The molecule has 6 heteroatoms. The van der Waals surface area contributed by atoms with Crippen LogP contribution in [0, 0.1) is 34.5 Å². The van der Waals surface area contributed by atoms with Crippen molar-refractivity contribution < 1.29 is 18.9 Å². The molecular weight excluding hydrogens is 539 g/mol. The molecule has 4 fully saturated rings. The monoisotopic (exact) mass is 581 g/mol. The molecule has 0 amide bonds. The Morgan fingerprint density at radius 2 is 1.91 bits per heavy atom. The highest BCUT2D eigenvalue weighted by molar-refractivity contribution is 14.1. The number of hydrogen-bond donors (Lipinski definition) is 0. The third kappa shape index (κ3) is 3.75. The second-order valence-electron chi connectivity index (χ2n) is 13.0. The SMILES string of the molecule is C/C(=N\OC(=O)[C@@H]1CCC[N+]1(C)C)[C@H]1CC[C@H]2[C@@H]3CCC4=CC(=O)CC(I)[C@]4(C)[C@H]3CC[C@]12C. The van der Waals surface area contributed by atoms with Crippen molar-refractivity contribution in [2.75, 3.05) is 20.6 Å². The van der Waals surface area contributed by atoms with E-state index in [0.717, 1.165) is 43.9 Å². The van der Waals surface area contributed by atoms with E-state index in [1.54, 1.807) is 0 Å². The van der Waals surface area contributed by atoms with Gasteiger partial charge in [-0.3, -0.25) is 4.79 Å². The van der Waals surface area contributed by atoms with Crippen LogP contribution in [0.3, 0.4) is 0 Å². The Bertz CT molecular complexity index is 942. The normalized spacial score (nSPS) is 45.8. The number of rotatable bonds is 3. The molecule has 1 heterocycles. The van der Waals surface area contributed by atoms with E-state index in [2.05, 4.69) is 62.6 Å². The number of halogens is 1. The summed E-state index contributed by atoms with van der Waals surface area (Å²) in [5, 5.41) is 4.47. The Kier molecular flexibility index (Phi) is 6.35. The van der Waals surface area contributed by atoms with E-state index in [-0.39, 0.29) is 22.8 Å². The van der Waals surface area contributed by atoms with Crippen LogP contribution in [0.1, 0.15) is 78.6 Å². The van der Waals surface area contributed by atoms with Gasteiger partial charge in [-0.2, -0.15) is 0 Å². The summed E-state index contributed by atoms with van der Waals surface area (Å²) in [4.78, 5) is 30.6. The molecule has 0 aromatic heterocycles. The number of carbonyl (C=O) groups excluding carboxylic acids is 2. The minimum absolute atomic E-state index is 0.0901. The number of hydrogen-bond acceptors (Lipinski definition) is 4. The molecule has 0 aromatic rings. The highest BCUT2D eigenvalue weighted by Gasteiger charge is 2.61. The van der Waals surface area contributed by atoms with Gasteiger partial charge in [0.25, 0.3) is 0 Å². The van der Waals surface area contributed by atoms with Crippen LogP contribution in [0.2, 0.25) is 0 Å². The van der Waals surface area contributed by atoms with Gasteiger partial charge in [0, 0.05) is 34.5 Å². The standard InChI is InChI=1S/C28H42IN2O3/c1-17(30-34-26(33)24-7-6-14-31(24,4)5)21-10-11-22-20-9-8-18-15-19(32)16-25(29)28(18,3)23(20)12-13-27(21,22)2/h15,20-25H,6-14,16H2,1-5H3/q+1/b30-17+/t20-,21+,22-,23-,24-,25?,27+,28-/m0/s1. The molecule has 5 rings (SSSR count). The fraction of sp³-hybridized carbons (Fsp3) is 0.821. The van der Waals surface area contributed by atoms with Crippen LogP contribution in [-0.2, 0) is 14.4 Å². The summed E-state index contributed by atoms with van der Waals surface area (Å²) in [5.41, 5.74) is 2.84. The Morgan fingerprint density at radius 3 is 2.62 bits per heavy atom. The first-order chi connectivity index (χ1) is 16.0. The Labute approximate surface area is 218 Å². The number of ketones is 1. The zero-order valence-corrected chi connectivity index (χ0v) is 23.8. The molecule has 0 bridgehead atoms. The summed E-state index contributed by atoms with van der Waals surface area (Å²) in [6.07, 6.45) is 11.8. The van der Waals surface area contributed by atoms with E-state index in [1.807, 2.05) is 6.08 Å². The number of likely N-dealkylation sites (tertiary alicyclic amines) is 1. The van der Waals surface area contributed by atoms with Gasteiger partial charge < -0.3 is 9.32 Å². The highest BCUT2D eigenvalue weighted by atomic mass is 127. The molecule has 1 saturated heterocycles. The van der Waals surface area contributed by atoms with Gasteiger partial charge in [-0.1, -0.05) is 47.2 Å². The van der Waals surface area contributed by atoms with E-state index in [0.29, 0.717) is 38.4 Å². The lowest BCUT2D eigenvalue weighted by Crippen LogP contribution is -2.54. The first kappa shape index (κ1) is 24.9. The molecule has 34 heavy (non-hydrogen) atoms. The first-order valence-corrected chi connectivity index (χ1v) is 14.7. The van der Waals surface area contributed by atoms with Crippen LogP contribution in [0.4, 0.5) is 0 Å². The van der Waals surface area contributed by atoms with Crippen molar-refractivity contribution in [1.82, 2.24) is 0 Å². The Balaban J connectivity index is 1.33. The van der Waals surface area contributed by atoms with Gasteiger partial charge in [0.1, 0.15) is 0 Å². The molecule has 1 aliphatic heterocycles.